The zero-order valence-electron chi connectivity index (χ0n) is 12.8. The van der Waals surface area contributed by atoms with E-state index < -0.39 is 0 Å². The highest BCUT2D eigenvalue weighted by Crippen LogP contribution is 2.10. The van der Waals surface area contributed by atoms with Crippen LogP contribution in [0.3, 0.4) is 0 Å². The van der Waals surface area contributed by atoms with Gasteiger partial charge in [-0.05, 0) is 19.8 Å². The van der Waals surface area contributed by atoms with Gasteiger partial charge in [0.15, 0.2) is 0 Å². The second-order valence-corrected chi connectivity index (χ2v) is 5.90. The maximum Gasteiger partial charge on any atom is 0.220 e. The molecule has 0 aromatic rings. The normalized spacial score (nSPS) is 12.4. The van der Waals surface area contributed by atoms with Crippen molar-refractivity contribution in [1.29, 1.82) is 0 Å². The van der Waals surface area contributed by atoms with Crippen molar-refractivity contribution in [1.82, 2.24) is 5.32 Å². The topological polar surface area (TPSA) is 29.1 Å². The first-order chi connectivity index (χ1) is 9.20. The van der Waals surface area contributed by atoms with Crippen LogP contribution in [-0.4, -0.2) is 17.8 Å². The van der Waals surface area contributed by atoms with E-state index in [0.29, 0.717) is 12.3 Å². The van der Waals surface area contributed by atoms with Crippen LogP contribution in [0.15, 0.2) is 0 Å². The molecule has 0 bridgehead atoms. The van der Waals surface area contributed by atoms with Crippen molar-refractivity contribution >= 4 is 17.5 Å². The minimum Gasteiger partial charge on any atom is -0.354 e. The maximum atomic E-state index is 11.6. The van der Waals surface area contributed by atoms with Crippen LogP contribution in [0.25, 0.3) is 0 Å². The molecule has 0 spiro atoms. The highest BCUT2D eigenvalue weighted by molar-refractivity contribution is 6.17. The Balaban J connectivity index is 3.23. The summed E-state index contributed by atoms with van der Waals surface area (Å²) in [4.78, 5) is 11.6. The number of amides is 1. The number of halogens is 1. The Morgan fingerprint density at radius 1 is 1.00 bits per heavy atom. The molecule has 0 aromatic heterocycles. The molecular formula is C16H32ClNO. The number of nitrogens with one attached hydrogen (secondary N) is 1. The molecule has 0 radical (unpaired) electrons. The summed E-state index contributed by atoms with van der Waals surface area (Å²) in [5, 5.41) is 2.98. The molecule has 114 valence electrons. The van der Waals surface area contributed by atoms with Gasteiger partial charge in [0.05, 0.1) is 0 Å². The molecule has 0 aliphatic heterocycles. The molecule has 0 rings (SSSR count). The number of rotatable bonds is 13. The molecule has 2 nitrogen and oxygen atoms in total. The van der Waals surface area contributed by atoms with Crippen LogP contribution in [-0.2, 0) is 4.79 Å². The third-order valence-electron chi connectivity index (χ3n) is 3.46. The lowest BCUT2D eigenvalue weighted by atomic mass is 10.1. The highest BCUT2D eigenvalue weighted by Gasteiger charge is 2.05. The average Bonchev–Trinajstić information content (AvgIpc) is 2.37. The second kappa shape index (κ2) is 14.2. The van der Waals surface area contributed by atoms with Crippen molar-refractivity contribution in [3.05, 3.63) is 0 Å². The van der Waals surface area contributed by atoms with Gasteiger partial charge in [0, 0.05) is 18.3 Å². The van der Waals surface area contributed by atoms with Crippen molar-refractivity contribution in [2.45, 2.75) is 90.5 Å². The Bertz CT molecular complexity index is 209. The largest absolute Gasteiger partial charge is 0.354 e. The fourth-order valence-electron chi connectivity index (χ4n) is 2.18. The number of alkyl halides is 1. The van der Waals surface area contributed by atoms with E-state index in [1.807, 2.05) is 6.92 Å². The van der Waals surface area contributed by atoms with Gasteiger partial charge in [-0.2, -0.15) is 0 Å². The SMILES string of the molecule is CCCCCCCCCCCC(=O)NC(C)CCCl. The predicted molar refractivity (Wildman–Crippen MR) is 84.8 cm³/mol. The summed E-state index contributed by atoms with van der Waals surface area (Å²) in [6.07, 6.45) is 13.1. The van der Waals surface area contributed by atoms with Gasteiger partial charge < -0.3 is 5.32 Å². The Kier molecular flexibility index (Phi) is 14.0. The standard InChI is InChI=1S/C16H32ClNO/c1-3-4-5-6-7-8-9-10-11-12-16(19)18-15(2)13-14-17/h15H,3-14H2,1-2H3,(H,18,19). The minimum atomic E-state index is 0.181. The molecular weight excluding hydrogens is 258 g/mol. The van der Waals surface area contributed by atoms with E-state index in [-0.39, 0.29) is 11.9 Å². The Morgan fingerprint density at radius 3 is 2.05 bits per heavy atom. The summed E-state index contributed by atoms with van der Waals surface area (Å²) in [6, 6.07) is 0.212. The average molecular weight is 290 g/mol. The summed E-state index contributed by atoms with van der Waals surface area (Å²) >= 11 is 5.64. The monoisotopic (exact) mass is 289 g/mol. The van der Waals surface area contributed by atoms with Crippen LogP contribution >= 0.6 is 11.6 Å². The third kappa shape index (κ3) is 14.0. The lowest BCUT2D eigenvalue weighted by Gasteiger charge is -2.11. The van der Waals surface area contributed by atoms with Crippen molar-refractivity contribution in [3.63, 3.8) is 0 Å². The smallest absolute Gasteiger partial charge is 0.220 e. The van der Waals surface area contributed by atoms with Gasteiger partial charge in [0.25, 0.3) is 0 Å². The van der Waals surface area contributed by atoms with Crippen molar-refractivity contribution < 1.29 is 4.79 Å². The molecule has 0 heterocycles. The van der Waals surface area contributed by atoms with E-state index in [2.05, 4.69) is 12.2 Å². The number of carbonyl (C=O) groups is 1. The van der Waals surface area contributed by atoms with Gasteiger partial charge in [-0.25, -0.2) is 0 Å². The van der Waals surface area contributed by atoms with Gasteiger partial charge >= 0.3 is 0 Å². The molecule has 3 heteroatoms. The lowest BCUT2D eigenvalue weighted by Crippen LogP contribution is -2.32. The van der Waals surface area contributed by atoms with Crippen LogP contribution < -0.4 is 5.32 Å². The van der Waals surface area contributed by atoms with Gasteiger partial charge in [0.2, 0.25) is 5.91 Å². The lowest BCUT2D eigenvalue weighted by molar-refractivity contribution is -0.121. The number of unbranched alkanes of at least 4 members (excludes halogenated alkanes) is 8. The first-order valence-electron chi connectivity index (χ1n) is 8.06. The Morgan fingerprint density at radius 2 is 1.53 bits per heavy atom. The summed E-state index contributed by atoms with van der Waals surface area (Å²) in [7, 11) is 0. The van der Waals surface area contributed by atoms with Crippen LogP contribution in [0, 0.1) is 0 Å². The van der Waals surface area contributed by atoms with Crippen LogP contribution in [0.1, 0.15) is 84.5 Å². The molecule has 0 aliphatic rings. The second-order valence-electron chi connectivity index (χ2n) is 5.52. The van der Waals surface area contributed by atoms with Crippen LogP contribution in [0.5, 0.6) is 0 Å². The summed E-state index contributed by atoms with van der Waals surface area (Å²) in [5.41, 5.74) is 0. The number of hydrogen-bond donors (Lipinski definition) is 1. The highest BCUT2D eigenvalue weighted by atomic mass is 35.5. The van der Waals surface area contributed by atoms with Gasteiger partial charge in [0.1, 0.15) is 0 Å². The molecule has 0 aromatic carbocycles. The van der Waals surface area contributed by atoms with E-state index in [1.54, 1.807) is 0 Å². The van der Waals surface area contributed by atoms with E-state index in [9.17, 15) is 4.79 Å². The first kappa shape index (κ1) is 18.8. The predicted octanol–water partition coefficient (Wildman–Crippen LogP) is 5.04. The van der Waals surface area contributed by atoms with E-state index in [1.165, 1.54) is 51.4 Å². The molecule has 0 aliphatic carbocycles. The number of hydrogen-bond acceptors (Lipinski definition) is 1. The van der Waals surface area contributed by atoms with Crippen molar-refractivity contribution in [3.8, 4) is 0 Å². The van der Waals surface area contributed by atoms with Gasteiger partial charge in [-0.1, -0.05) is 58.3 Å². The first-order valence-corrected chi connectivity index (χ1v) is 8.59. The van der Waals surface area contributed by atoms with Crippen molar-refractivity contribution in [2.75, 3.05) is 5.88 Å². The maximum absolute atomic E-state index is 11.6. The summed E-state index contributed by atoms with van der Waals surface area (Å²) in [5.74, 6) is 0.792. The number of carbonyl (C=O) groups excluding carboxylic acids is 1. The zero-order chi connectivity index (χ0) is 14.3. The molecule has 0 saturated heterocycles. The fraction of sp³-hybridized carbons (Fsp3) is 0.938. The molecule has 0 fully saturated rings. The summed E-state index contributed by atoms with van der Waals surface area (Å²) in [6.45, 7) is 4.26. The molecule has 0 saturated carbocycles. The van der Waals surface area contributed by atoms with E-state index in [4.69, 9.17) is 11.6 Å². The van der Waals surface area contributed by atoms with Crippen molar-refractivity contribution in [2.24, 2.45) is 0 Å². The van der Waals surface area contributed by atoms with Gasteiger partial charge in [-0.3, -0.25) is 4.79 Å². The minimum absolute atomic E-state index is 0.181. The van der Waals surface area contributed by atoms with E-state index in [0.717, 1.165) is 12.8 Å². The molecule has 1 amide bonds. The molecule has 1 unspecified atom stereocenters. The quantitative estimate of drug-likeness (QED) is 0.373. The molecule has 19 heavy (non-hydrogen) atoms. The van der Waals surface area contributed by atoms with E-state index >= 15 is 0 Å². The molecule has 1 atom stereocenters. The van der Waals surface area contributed by atoms with Crippen LogP contribution in [0.2, 0.25) is 0 Å². The summed E-state index contributed by atoms with van der Waals surface area (Å²) < 4.78 is 0. The molecule has 1 N–H and O–H groups in total. The fourth-order valence-corrected chi connectivity index (χ4v) is 2.51. The third-order valence-corrected chi connectivity index (χ3v) is 3.68. The van der Waals surface area contributed by atoms with Gasteiger partial charge in [-0.15, -0.1) is 11.6 Å². The Hall–Kier alpha value is -0.240. The Labute approximate surface area is 124 Å². The van der Waals surface area contributed by atoms with Crippen LogP contribution in [0.4, 0.5) is 0 Å². The zero-order valence-corrected chi connectivity index (χ0v) is 13.6.